The Hall–Kier alpha value is -1.42. The van der Waals surface area contributed by atoms with Gasteiger partial charge in [-0.25, -0.2) is 0 Å². The maximum Gasteiger partial charge on any atom is 0.220 e. The lowest BCUT2D eigenvalue weighted by molar-refractivity contribution is -0.122. The minimum absolute atomic E-state index is 0.0401. The van der Waals surface area contributed by atoms with Crippen molar-refractivity contribution in [3.63, 3.8) is 0 Å². The lowest BCUT2D eigenvalue weighted by Gasteiger charge is -2.01. The zero-order valence-electron chi connectivity index (χ0n) is 17.3. The van der Waals surface area contributed by atoms with E-state index in [1.807, 2.05) is 6.92 Å². The molecule has 0 aromatic carbocycles. The molecule has 0 aliphatic heterocycles. The summed E-state index contributed by atoms with van der Waals surface area (Å²) in [5.41, 5.74) is 0. The molecule has 0 fully saturated rings. The molecule has 0 radical (unpaired) electrons. The highest BCUT2D eigenvalue weighted by Crippen LogP contribution is 2.09. The standard InChI is InChI=1S/C23H41NO3/c1-22(26)18-16-14-12-10-8-6-4-2-3-5-7-9-11-13-15-17-19-23(27)24-20-21-25/h8,10-11,13,21-22,26H,2-7,9,12,14-20H2,1H3,(H,24,27)/b10-8-,13-11-. The third-order valence-electron chi connectivity index (χ3n) is 4.47. The number of carbonyl (C=O) groups is 2. The Morgan fingerprint density at radius 1 is 0.815 bits per heavy atom. The predicted octanol–water partition coefficient (Wildman–Crippen LogP) is 5.26. The molecule has 0 rings (SSSR count). The third-order valence-corrected chi connectivity index (χ3v) is 4.47. The number of allylic oxidation sites excluding steroid dienone is 4. The molecule has 1 amide bonds. The highest BCUT2D eigenvalue weighted by atomic mass is 16.3. The molecule has 0 aromatic heterocycles. The summed E-state index contributed by atoms with van der Waals surface area (Å²) in [5.74, 6) is -0.0401. The van der Waals surface area contributed by atoms with E-state index in [1.165, 1.54) is 44.9 Å². The van der Waals surface area contributed by atoms with Crippen molar-refractivity contribution in [1.82, 2.24) is 5.32 Å². The van der Waals surface area contributed by atoms with Gasteiger partial charge in [0.25, 0.3) is 0 Å². The summed E-state index contributed by atoms with van der Waals surface area (Å²) in [5, 5.41) is 11.7. The van der Waals surface area contributed by atoms with Crippen LogP contribution in [0, 0.1) is 0 Å². The van der Waals surface area contributed by atoms with Gasteiger partial charge in [0.1, 0.15) is 6.29 Å². The van der Waals surface area contributed by atoms with Gasteiger partial charge >= 0.3 is 0 Å². The number of nitrogens with one attached hydrogen (secondary N) is 1. The monoisotopic (exact) mass is 379 g/mol. The zero-order valence-corrected chi connectivity index (χ0v) is 17.3. The van der Waals surface area contributed by atoms with Gasteiger partial charge < -0.3 is 15.2 Å². The molecule has 0 saturated carbocycles. The van der Waals surface area contributed by atoms with Crippen molar-refractivity contribution in [3.05, 3.63) is 24.3 Å². The molecule has 0 heterocycles. The minimum Gasteiger partial charge on any atom is -0.393 e. The normalized spacial score (nSPS) is 12.7. The molecule has 0 saturated heterocycles. The fourth-order valence-corrected chi connectivity index (χ4v) is 2.85. The Bertz CT molecular complexity index is 402. The second kappa shape index (κ2) is 20.9. The molecule has 4 nitrogen and oxygen atoms in total. The topological polar surface area (TPSA) is 66.4 Å². The molecule has 156 valence electrons. The molecule has 4 heteroatoms. The Morgan fingerprint density at radius 3 is 1.81 bits per heavy atom. The van der Waals surface area contributed by atoms with E-state index >= 15 is 0 Å². The number of aldehydes is 1. The first kappa shape index (κ1) is 25.6. The molecule has 0 spiro atoms. The Labute approximate surface area is 166 Å². The first-order valence-corrected chi connectivity index (χ1v) is 10.8. The number of hydrogen-bond donors (Lipinski definition) is 2. The average Bonchev–Trinajstić information content (AvgIpc) is 2.65. The summed E-state index contributed by atoms with van der Waals surface area (Å²) in [7, 11) is 0. The van der Waals surface area contributed by atoms with Crippen molar-refractivity contribution in [1.29, 1.82) is 0 Å². The number of rotatable bonds is 19. The van der Waals surface area contributed by atoms with Crippen LogP contribution in [0.3, 0.4) is 0 Å². The maximum absolute atomic E-state index is 11.3. The van der Waals surface area contributed by atoms with E-state index in [-0.39, 0.29) is 18.6 Å². The maximum atomic E-state index is 11.3. The summed E-state index contributed by atoms with van der Waals surface area (Å²) in [4.78, 5) is 21.4. The Balaban J connectivity index is 3.24. The molecule has 2 N–H and O–H groups in total. The molecule has 0 bridgehead atoms. The van der Waals surface area contributed by atoms with Gasteiger partial charge in [-0.05, 0) is 64.7 Å². The number of aliphatic hydroxyl groups excluding tert-OH is 1. The van der Waals surface area contributed by atoms with Gasteiger partial charge in [-0.3, -0.25) is 4.79 Å². The summed E-state index contributed by atoms with van der Waals surface area (Å²) >= 11 is 0. The van der Waals surface area contributed by atoms with E-state index in [9.17, 15) is 14.7 Å². The van der Waals surface area contributed by atoms with E-state index < -0.39 is 0 Å². The van der Waals surface area contributed by atoms with Gasteiger partial charge in [0.15, 0.2) is 0 Å². The van der Waals surface area contributed by atoms with E-state index in [0.717, 1.165) is 38.5 Å². The number of amides is 1. The Kier molecular flexibility index (Phi) is 19.8. The third kappa shape index (κ3) is 22.5. The van der Waals surface area contributed by atoms with Gasteiger partial charge in [0.05, 0.1) is 12.6 Å². The minimum atomic E-state index is -0.155. The van der Waals surface area contributed by atoms with E-state index in [4.69, 9.17) is 0 Å². The lowest BCUT2D eigenvalue weighted by Crippen LogP contribution is -2.24. The van der Waals surface area contributed by atoms with Crippen LogP contribution in [0.15, 0.2) is 24.3 Å². The predicted molar refractivity (Wildman–Crippen MR) is 114 cm³/mol. The average molecular weight is 380 g/mol. The first-order valence-electron chi connectivity index (χ1n) is 10.8. The first-order chi connectivity index (χ1) is 13.2. The summed E-state index contributed by atoms with van der Waals surface area (Å²) in [6.45, 7) is 1.98. The zero-order chi connectivity index (χ0) is 20.0. The second-order valence-corrected chi connectivity index (χ2v) is 7.28. The summed E-state index contributed by atoms with van der Waals surface area (Å²) in [6.07, 6.45) is 24.9. The molecule has 27 heavy (non-hydrogen) atoms. The van der Waals surface area contributed by atoms with Crippen LogP contribution in [0.4, 0.5) is 0 Å². The largest absolute Gasteiger partial charge is 0.393 e. The van der Waals surface area contributed by atoms with Gasteiger partial charge in [0, 0.05) is 6.42 Å². The van der Waals surface area contributed by atoms with Crippen molar-refractivity contribution >= 4 is 12.2 Å². The fourth-order valence-electron chi connectivity index (χ4n) is 2.85. The highest BCUT2D eigenvalue weighted by molar-refractivity contribution is 5.78. The van der Waals surface area contributed by atoms with Crippen molar-refractivity contribution in [2.45, 2.75) is 103 Å². The van der Waals surface area contributed by atoms with Crippen LogP contribution in [0.1, 0.15) is 96.8 Å². The summed E-state index contributed by atoms with van der Waals surface area (Å²) < 4.78 is 0. The SMILES string of the molecule is CC(O)CCCC/C=C\CCCCCCC/C=C\CCCC(=O)NCC=O. The summed E-state index contributed by atoms with van der Waals surface area (Å²) in [6, 6.07) is 0. The number of hydrogen-bond acceptors (Lipinski definition) is 3. The molecular weight excluding hydrogens is 338 g/mol. The van der Waals surface area contributed by atoms with Crippen LogP contribution in [-0.4, -0.2) is 29.9 Å². The van der Waals surface area contributed by atoms with Gasteiger partial charge in [-0.15, -0.1) is 0 Å². The lowest BCUT2D eigenvalue weighted by atomic mass is 10.1. The van der Waals surface area contributed by atoms with E-state index in [0.29, 0.717) is 12.7 Å². The van der Waals surface area contributed by atoms with E-state index in [2.05, 4.69) is 29.6 Å². The number of carbonyl (C=O) groups excluding carboxylic acids is 2. The van der Waals surface area contributed by atoms with Crippen LogP contribution >= 0.6 is 0 Å². The van der Waals surface area contributed by atoms with Crippen LogP contribution in [0.5, 0.6) is 0 Å². The van der Waals surface area contributed by atoms with Crippen LogP contribution < -0.4 is 5.32 Å². The fraction of sp³-hybridized carbons (Fsp3) is 0.739. The quantitative estimate of drug-likeness (QED) is 0.183. The molecule has 0 aliphatic carbocycles. The van der Waals surface area contributed by atoms with Crippen LogP contribution in [-0.2, 0) is 9.59 Å². The van der Waals surface area contributed by atoms with Crippen molar-refractivity contribution in [3.8, 4) is 0 Å². The second-order valence-electron chi connectivity index (χ2n) is 7.28. The highest BCUT2D eigenvalue weighted by Gasteiger charge is 1.97. The van der Waals surface area contributed by atoms with E-state index in [1.54, 1.807) is 0 Å². The van der Waals surface area contributed by atoms with Crippen molar-refractivity contribution < 1.29 is 14.7 Å². The molecule has 1 unspecified atom stereocenters. The number of aliphatic hydroxyl groups is 1. The molecule has 0 aromatic rings. The van der Waals surface area contributed by atoms with Gasteiger partial charge in [-0.1, -0.05) is 50.0 Å². The molecule has 0 aliphatic rings. The van der Waals surface area contributed by atoms with Crippen LogP contribution in [0.25, 0.3) is 0 Å². The molecule has 1 atom stereocenters. The van der Waals surface area contributed by atoms with Crippen molar-refractivity contribution in [2.24, 2.45) is 0 Å². The smallest absolute Gasteiger partial charge is 0.220 e. The number of unbranched alkanes of at least 4 members (excludes halogenated alkanes) is 9. The van der Waals surface area contributed by atoms with Crippen molar-refractivity contribution in [2.75, 3.05) is 6.54 Å². The van der Waals surface area contributed by atoms with Gasteiger partial charge in [0.2, 0.25) is 5.91 Å². The van der Waals surface area contributed by atoms with Gasteiger partial charge in [-0.2, -0.15) is 0 Å². The molecular formula is C23H41NO3. The Morgan fingerprint density at radius 2 is 1.30 bits per heavy atom. The van der Waals surface area contributed by atoms with Crippen LogP contribution in [0.2, 0.25) is 0 Å².